The lowest BCUT2D eigenvalue weighted by Gasteiger charge is -2.27. The highest BCUT2D eigenvalue weighted by Gasteiger charge is 2.43. The maximum absolute atomic E-state index is 12.5. The van der Waals surface area contributed by atoms with Gasteiger partial charge in [-0.1, -0.05) is 59.3 Å². The molecule has 0 amide bonds. The van der Waals surface area contributed by atoms with Crippen molar-refractivity contribution >= 4 is 43.1 Å². The molecule has 0 saturated carbocycles. The number of carbonyl (C=O) groups excluding carboxylic acids is 1. The number of nitrogens with zero attached hydrogens (tertiary/aromatic N) is 2. The van der Waals surface area contributed by atoms with Gasteiger partial charge in [-0.15, -0.1) is 0 Å². The smallest absolute Gasteiger partial charge is 0.209 e. The molecule has 9 nitrogen and oxygen atoms in total. The van der Waals surface area contributed by atoms with Crippen molar-refractivity contribution in [3.8, 4) is 0 Å². The van der Waals surface area contributed by atoms with Crippen molar-refractivity contribution in [2.45, 2.75) is 114 Å². The molecule has 2 heterocycles. The summed E-state index contributed by atoms with van der Waals surface area (Å²) in [7, 11) is -7.25. The molecule has 0 radical (unpaired) electrons. The van der Waals surface area contributed by atoms with Crippen molar-refractivity contribution in [3.05, 3.63) is 94.7 Å². The maximum atomic E-state index is 12.5. The molecule has 52 heavy (non-hydrogen) atoms. The van der Waals surface area contributed by atoms with Crippen LogP contribution in [-0.2, 0) is 35.9 Å². The van der Waals surface area contributed by atoms with E-state index < -0.39 is 31.1 Å². The number of hydrogen-bond acceptors (Lipinski definition) is 8. The molecule has 0 bridgehead atoms. The monoisotopic (exact) mass is 747 g/mol. The molecule has 0 fully saturated rings. The second-order valence-electron chi connectivity index (χ2n) is 16.3. The summed E-state index contributed by atoms with van der Waals surface area (Å²) in [5.74, 6) is 0.253. The standard InChI is InChI=1S/C41H52N2O7S2/c1-39(2,3)38(44)15-10-9-11-24-43-35-21-19-31(52(48,49)50)27-33(35)41(6,7)37(43)23-17-29-14-12-13-28(25-29)16-22-36-40(4,5)32-26-30(51(45,46)47)18-20-34(32)42(36)8/h16-23,25-27H,9-15,24H2,1-8H3,(H-,45,46,47,48,49,50)/p-1. The molecule has 0 aromatic heterocycles. The van der Waals surface area contributed by atoms with Crippen LogP contribution in [0, 0.1) is 5.41 Å². The summed E-state index contributed by atoms with van der Waals surface area (Å²) in [4.78, 5) is 14.2. The van der Waals surface area contributed by atoms with Gasteiger partial charge in [0.1, 0.15) is 33.1 Å². The number of ketones is 1. The van der Waals surface area contributed by atoms with E-state index in [1.807, 2.05) is 46.2 Å². The Labute approximate surface area is 310 Å². The van der Waals surface area contributed by atoms with Crippen molar-refractivity contribution in [1.82, 2.24) is 0 Å². The summed E-state index contributed by atoms with van der Waals surface area (Å²) in [6, 6.07) is 9.19. The lowest BCUT2D eigenvalue weighted by atomic mass is 9.81. The lowest BCUT2D eigenvalue weighted by Crippen LogP contribution is -2.27. The zero-order chi connectivity index (χ0) is 38.4. The molecule has 5 rings (SSSR count). The lowest BCUT2D eigenvalue weighted by molar-refractivity contribution is -0.401. The normalized spacial score (nSPS) is 20.2. The molecule has 2 aliphatic heterocycles. The molecule has 1 aliphatic carbocycles. The van der Waals surface area contributed by atoms with Gasteiger partial charge in [-0.05, 0) is 99.1 Å². The Hall–Kier alpha value is -3.64. The van der Waals surface area contributed by atoms with E-state index in [2.05, 4.69) is 49.1 Å². The number of allylic oxidation sites excluding steroid dienone is 8. The molecule has 0 unspecified atom stereocenters. The minimum Gasteiger partial charge on any atom is -0.744 e. The molecule has 0 saturated heterocycles. The maximum Gasteiger partial charge on any atom is 0.209 e. The number of unbranched alkanes of at least 4 members (excludes halogenated alkanes) is 2. The predicted molar refractivity (Wildman–Crippen MR) is 203 cm³/mol. The molecule has 0 atom stereocenters. The fourth-order valence-electron chi connectivity index (χ4n) is 7.64. The van der Waals surface area contributed by atoms with E-state index >= 15 is 0 Å². The number of carbonyl (C=O) groups is 1. The van der Waals surface area contributed by atoms with Gasteiger partial charge in [0, 0.05) is 52.9 Å². The Morgan fingerprint density at radius 1 is 0.846 bits per heavy atom. The van der Waals surface area contributed by atoms with Crippen LogP contribution >= 0.6 is 0 Å². The highest BCUT2D eigenvalue weighted by atomic mass is 32.2. The molecule has 0 N–H and O–H groups in total. The van der Waals surface area contributed by atoms with Gasteiger partial charge in [-0.25, -0.2) is 16.8 Å². The number of benzene rings is 2. The minimum atomic E-state index is -4.62. The van der Waals surface area contributed by atoms with E-state index in [1.54, 1.807) is 12.1 Å². The van der Waals surface area contributed by atoms with Crippen molar-refractivity contribution < 1.29 is 35.3 Å². The average molecular weight is 748 g/mol. The van der Waals surface area contributed by atoms with Crippen LogP contribution in [0.5, 0.6) is 0 Å². The minimum absolute atomic E-state index is 0.229. The first kappa shape index (κ1) is 39.6. The third-order valence-electron chi connectivity index (χ3n) is 10.8. The summed E-state index contributed by atoms with van der Waals surface area (Å²) in [6.07, 6.45) is 16.5. The number of hydrogen-bond donors (Lipinski definition) is 0. The fraction of sp³-hybridized carbons (Fsp3) is 0.463. The van der Waals surface area contributed by atoms with Crippen molar-refractivity contribution in [1.29, 1.82) is 0 Å². The fourth-order valence-corrected chi connectivity index (χ4v) is 8.64. The second kappa shape index (κ2) is 14.3. The molecule has 280 valence electrons. The zero-order valence-corrected chi connectivity index (χ0v) is 33.2. The first-order valence-electron chi connectivity index (χ1n) is 18.0. The Bertz CT molecular complexity index is 2160. The van der Waals surface area contributed by atoms with Gasteiger partial charge in [0.2, 0.25) is 5.69 Å². The number of rotatable bonds is 11. The number of anilines is 1. The van der Waals surface area contributed by atoms with Crippen LogP contribution in [0.4, 0.5) is 11.4 Å². The van der Waals surface area contributed by atoms with Gasteiger partial charge in [0.25, 0.3) is 0 Å². The van der Waals surface area contributed by atoms with Crippen molar-refractivity contribution in [2.24, 2.45) is 5.41 Å². The summed E-state index contributed by atoms with van der Waals surface area (Å²) in [5, 5.41) is 0. The Balaban J connectivity index is 1.41. The third kappa shape index (κ3) is 8.12. The van der Waals surface area contributed by atoms with Gasteiger partial charge in [-0.2, -0.15) is 4.58 Å². The topological polar surface area (TPSA) is 138 Å². The summed E-state index contributed by atoms with van der Waals surface area (Å²) in [5.41, 5.74) is 6.23. The highest BCUT2D eigenvalue weighted by molar-refractivity contribution is 7.86. The Morgan fingerprint density at radius 2 is 1.48 bits per heavy atom. The van der Waals surface area contributed by atoms with Crippen LogP contribution in [0.25, 0.3) is 0 Å². The first-order valence-corrected chi connectivity index (χ1v) is 20.8. The molecular formula is C41H51N2O7S2-. The number of fused-ring (bicyclic) bond motifs is 2. The van der Waals surface area contributed by atoms with Gasteiger partial charge in [0.15, 0.2) is 5.71 Å². The van der Waals surface area contributed by atoms with E-state index in [9.17, 15) is 30.7 Å². The highest BCUT2D eigenvalue weighted by Crippen LogP contribution is 2.49. The molecule has 3 aliphatic rings. The van der Waals surface area contributed by atoms with E-state index in [-0.39, 0.29) is 21.0 Å². The van der Waals surface area contributed by atoms with Crippen LogP contribution in [0.2, 0.25) is 0 Å². The van der Waals surface area contributed by atoms with Gasteiger partial charge < -0.3 is 14.0 Å². The summed E-state index contributed by atoms with van der Waals surface area (Å²) >= 11 is 0. The van der Waals surface area contributed by atoms with Crippen LogP contribution < -0.4 is 4.90 Å². The Kier molecular flexibility index (Phi) is 10.9. The van der Waals surface area contributed by atoms with Crippen LogP contribution in [0.3, 0.4) is 0 Å². The Morgan fingerprint density at radius 3 is 2.12 bits per heavy atom. The zero-order valence-electron chi connectivity index (χ0n) is 31.6. The van der Waals surface area contributed by atoms with E-state index in [4.69, 9.17) is 0 Å². The van der Waals surface area contributed by atoms with Crippen molar-refractivity contribution in [3.63, 3.8) is 0 Å². The van der Waals surface area contributed by atoms with E-state index in [0.29, 0.717) is 13.0 Å². The summed E-state index contributed by atoms with van der Waals surface area (Å²) < 4.78 is 73.1. The first-order chi connectivity index (χ1) is 24.0. The van der Waals surface area contributed by atoms with Crippen LogP contribution in [-0.4, -0.2) is 55.6 Å². The second-order valence-corrected chi connectivity index (χ2v) is 19.1. The van der Waals surface area contributed by atoms with Crippen LogP contribution in [0.15, 0.2) is 93.4 Å². The SMILES string of the molecule is C[N+]1=C(/C=C/C2=CC(=C/C=C3/N(CCCCCC(=O)C(C)(C)C)c4ccc(S(=O)(=O)[O-])cc4C3(C)C)/CCC2)C(C)(C)c2cc(S(=O)(=O)[O-])ccc21. The largest absolute Gasteiger partial charge is 0.744 e. The molecule has 2 aromatic rings. The number of Topliss-reactive ketones (excluding diaryl/α,β-unsaturated/α-hetero) is 1. The van der Waals surface area contributed by atoms with Gasteiger partial charge in [-0.3, -0.25) is 4.79 Å². The molecular weight excluding hydrogens is 697 g/mol. The molecule has 11 heteroatoms. The predicted octanol–water partition coefficient (Wildman–Crippen LogP) is 7.95. The van der Waals surface area contributed by atoms with Crippen LogP contribution in [0.1, 0.15) is 105 Å². The molecule has 2 aromatic carbocycles. The van der Waals surface area contributed by atoms with E-state index in [1.165, 1.54) is 24.3 Å². The van der Waals surface area contributed by atoms with Gasteiger partial charge in [0.05, 0.1) is 15.2 Å². The third-order valence-corrected chi connectivity index (χ3v) is 12.4. The molecule has 0 spiro atoms. The van der Waals surface area contributed by atoms with E-state index in [0.717, 1.165) is 83.6 Å². The quantitative estimate of drug-likeness (QED) is 0.128. The van der Waals surface area contributed by atoms with Crippen molar-refractivity contribution in [2.75, 3.05) is 18.5 Å². The average Bonchev–Trinajstić information content (AvgIpc) is 3.38. The van der Waals surface area contributed by atoms with Gasteiger partial charge >= 0.3 is 0 Å². The summed E-state index contributed by atoms with van der Waals surface area (Å²) in [6.45, 7) is 14.7.